The molecule has 0 radical (unpaired) electrons. The number of methoxy groups -OCH3 is 2. The van der Waals surface area contributed by atoms with E-state index in [1.807, 2.05) is 0 Å². The molecule has 5 nitrogen and oxygen atoms in total. The standard InChI is InChI=1S/C15H22N2O3/c1-19-13-7-3-6-12(14(13)20-2)15(18)17-10-8-11-5-4-9-16-11/h3,6-7,11,16H,4-5,8-10H2,1-2H3,(H,17,18)/t11-/m0/s1. The van der Waals surface area contributed by atoms with E-state index in [0.29, 0.717) is 29.6 Å². The summed E-state index contributed by atoms with van der Waals surface area (Å²) in [5.74, 6) is 0.919. The van der Waals surface area contributed by atoms with Crippen LogP contribution in [0.5, 0.6) is 11.5 Å². The average Bonchev–Trinajstić information content (AvgIpc) is 2.99. The van der Waals surface area contributed by atoms with Gasteiger partial charge in [-0.15, -0.1) is 0 Å². The third-order valence-corrected chi connectivity index (χ3v) is 3.59. The van der Waals surface area contributed by atoms with Gasteiger partial charge < -0.3 is 20.1 Å². The summed E-state index contributed by atoms with van der Waals surface area (Å²) in [5, 5.41) is 6.35. The van der Waals surface area contributed by atoms with Crippen molar-refractivity contribution in [1.82, 2.24) is 10.6 Å². The number of carbonyl (C=O) groups excluding carboxylic acids is 1. The van der Waals surface area contributed by atoms with Gasteiger partial charge in [0.05, 0.1) is 19.8 Å². The third-order valence-electron chi connectivity index (χ3n) is 3.59. The van der Waals surface area contributed by atoms with Crippen LogP contribution in [0.25, 0.3) is 0 Å². The number of carbonyl (C=O) groups is 1. The Kier molecular flexibility index (Phi) is 5.24. The zero-order valence-corrected chi connectivity index (χ0v) is 12.1. The van der Waals surface area contributed by atoms with Gasteiger partial charge in [0.15, 0.2) is 11.5 Å². The van der Waals surface area contributed by atoms with Gasteiger partial charge in [-0.1, -0.05) is 6.07 Å². The second-order valence-corrected chi connectivity index (χ2v) is 4.88. The van der Waals surface area contributed by atoms with Gasteiger partial charge in [0, 0.05) is 12.6 Å². The van der Waals surface area contributed by atoms with Gasteiger partial charge in [-0.2, -0.15) is 0 Å². The average molecular weight is 278 g/mol. The SMILES string of the molecule is COc1cccc(C(=O)NCC[C@@H]2CCCN2)c1OC. The molecule has 1 heterocycles. The summed E-state index contributed by atoms with van der Waals surface area (Å²) in [4.78, 5) is 12.2. The summed E-state index contributed by atoms with van der Waals surface area (Å²) in [6.07, 6.45) is 3.37. The lowest BCUT2D eigenvalue weighted by Crippen LogP contribution is -2.30. The number of amides is 1. The van der Waals surface area contributed by atoms with Crippen LogP contribution >= 0.6 is 0 Å². The van der Waals surface area contributed by atoms with Gasteiger partial charge in [0.25, 0.3) is 5.91 Å². The lowest BCUT2D eigenvalue weighted by atomic mass is 10.1. The molecule has 2 N–H and O–H groups in total. The minimum absolute atomic E-state index is 0.126. The second-order valence-electron chi connectivity index (χ2n) is 4.88. The van der Waals surface area contributed by atoms with E-state index in [0.717, 1.165) is 13.0 Å². The number of hydrogen-bond donors (Lipinski definition) is 2. The number of rotatable bonds is 6. The summed E-state index contributed by atoms with van der Waals surface area (Å²) in [5.41, 5.74) is 0.506. The van der Waals surface area contributed by atoms with Crippen LogP contribution in [-0.2, 0) is 0 Å². The Bertz CT molecular complexity index is 456. The first-order valence-corrected chi connectivity index (χ1v) is 6.99. The molecule has 0 aliphatic carbocycles. The van der Waals surface area contributed by atoms with Gasteiger partial charge in [0.2, 0.25) is 0 Å². The number of ether oxygens (including phenoxy) is 2. The Labute approximate surface area is 119 Å². The van der Waals surface area contributed by atoms with E-state index in [4.69, 9.17) is 9.47 Å². The smallest absolute Gasteiger partial charge is 0.255 e. The molecular weight excluding hydrogens is 256 g/mol. The highest BCUT2D eigenvalue weighted by Crippen LogP contribution is 2.30. The largest absolute Gasteiger partial charge is 0.493 e. The van der Waals surface area contributed by atoms with E-state index in [1.165, 1.54) is 20.0 Å². The van der Waals surface area contributed by atoms with Crippen LogP contribution < -0.4 is 20.1 Å². The fourth-order valence-corrected chi connectivity index (χ4v) is 2.52. The van der Waals surface area contributed by atoms with Gasteiger partial charge in [0.1, 0.15) is 0 Å². The van der Waals surface area contributed by atoms with Crippen molar-refractivity contribution >= 4 is 5.91 Å². The van der Waals surface area contributed by atoms with Crippen LogP contribution in [0.15, 0.2) is 18.2 Å². The summed E-state index contributed by atoms with van der Waals surface area (Å²) in [7, 11) is 3.10. The number of para-hydroxylation sites is 1. The monoisotopic (exact) mass is 278 g/mol. The van der Waals surface area contributed by atoms with Crippen LogP contribution in [0, 0.1) is 0 Å². The number of hydrogen-bond acceptors (Lipinski definition) is 4. The summed E-state index contributed by atoms with van der Waals surface area (Å²) >= 11 is 0. The molecule has 5 heteroatoms. The fraction of sp³-hybridized carbons (Fsp3) is 0.533. The van der Waals surface area contributed by atoms with Crippen LogP contribution in [0.1, 0.15) is 29.6 Å². The van der Waals surface area contributed by atoms with Crippen LogP contribution in [0.3, 0.4) is 0 Å². The van der Waals surface area contributed by atoms with Crippen LogP contribution in [0.4, 0.5) is 0 Å². The van der Waals surface area contributed by atoms with Crippen LogP contribution in [0.2, 0.25) is 0 Å². The highest BCUT2D eigenvalue weighted by atomic mass is 16.5. The molecule has 0 spiro atoms. The Morgan fingerprint density at radius 1 is 1.40 bits per heavy atom. The quantitative estimate of drug-likeness (QED) is 0.829. The highest BCUT2D eigenvalue weighted by molar-refractivity contribution is 5.97. The lowest BCUT2D eigenvalue weighted by molar-refractivity contribution is 0.0948. The second kappa shape index (κ2) is 7.14. The molecule has 1 saturated heterocycles. The van der Waals surface area contributed by atoms with Crippen molar-refractivity contribution in [3.05, 3.63) is 23.8 Å². The predicted octanol–water partition coefficient (Wildman–Crippen LogP) is 1.58. The lowest BCUT2D eigenvalue weighted by Gasteiger charge is -2.14. The van der Waals surface area contributed by atoms with Crippen LogP contribution in [-0.4, -0.2) is 39.3 Å². The van der Waals surface area contributed by atoms with Crippen molar-refractivity contribution in [2.45, 2.75) is 25.3 Å². The molecule has 1 aromatic carbocycles. The molecular formula is C15H22N2O3. The molecule has 1 fully saturated rings. The zero-order chi connectivity index (χ0) is 14.4. The summed E-state index contributed by atoms with van der Waals surface area (Å²) in [6.45, 7) is 1.75. The van der Waals surface area contributed by atoms with Crippen molar-refractivity contribution in [2.75, 3.05) is 27.3 Å². The van der Waals surface area contributed by atoms with Crippen molar-refractivity contribution in [2.24, 2.45) is 0 Å². The van der Waals surface area contributed by atoms with Gasteiger partial charge >= 0.3 is 0 Å². The first-order valence-electron chi connectivity index (χ1n) is 6.99. The van der Waals surface area contributed by atoms with E-state index < -0.39 is 0 Å². The first kappa shape index (κ1) is 14.7. The highest BCUT2D eigenvalue weighted by Gasteiger charge is 2.17. The molecule has 1 aromatic rings. The first-order chi connectivity index (χ1) is 9.76. The summed E-state index contributed by atoms with van der Waals surface area (Å²) in [6, 6.07) is 5.83. The van der Waals surface area contributed by atoms with Gasteiger partial charge in [-0.25, -0.2) is 0 Å². The molecule has 2 rings (SSSR count). The van der Waals surface area contributed by atoms with E-state index in [1.54, 1.807) is 25.3 Å². The zero-order valence-electron chi connectivity index (χ0n) is 12.1. The van der Waals surface area contributed by atoms with Gasteiger partial charge in [-0.05, 0) is 37.9 Å². The maximum atomic E-state index is 12.2. The third kappa shape index (κ3) is 3.42. The Hall–Kier alpha value is -1.75. The van der Waals surface area contributed by atoms with Crippen molar-refractivity contribution < 1.29 is 14.3 Å². The van der Waals surface area contributed by atoms with Crippen molar-refractivity contribution in [3.8, 4) is 11.5 Å². The molecule has 1 atom stereocenters. The number of benzene rings is 1. The van der Waals surface area contributed by atoms with E-state index in [2.05, 4.69) is 10.6 Å². The van der Waals surface area contributed by atoms with E-state index in [9.17, 15) is 4.79 Å². The number of nitrogens with one attached hydrogen (secondary N) is 2. The molecule has 0 bridgehead atoms. The Morgan fingerprint density at radius 2 is 2.25 bits per heavy atom. The van der Waals surface area contributed by atoms with Gasteiger partial charge in [-0.3, -0.25) is 4.79 Å². The molecule has 0 saturated carbocycles. The van der Waals surface area contributed by atoms with Crippen molar-refractivity contribution in [1.29, 1.82) is 0 Å². The topological polar surface area (TPSA) is 59.6 Å². The maximum absolute atomic E-state index is 12.2. The molecule has 20 heavy (non-hydrogen) atoms. The maximum Gasteiger partial charge on any atom is 0.255 e. The molecule has 110 valence electrons. The molecule has 1 aliphatic rings. The molecule has 1 aliphatic heterocycles. The Morgan fingerprint density at radius 3 is 2.90 bits per heavy atom. The molecule has 1 amide bonds. The molecule has 0 aromatic heterocycles. The van der Waals surface area contributed by atoms with E-state index >= 15 is 0 Å². The fourth-order valence-electron chi connectivity index (χ4n) is 2.52. The molecule has 0 unspecified atom stereocenters. The minimum atomic E-state index is -0.126. The minimum Gasteiger partial charge on any atom is -0.493 e. The van der Waals surface area contributed by atoms with E-state index in [-0.39, 0.29) is 5.91 Å². The normalized spacial score (nSPS) is 17.8. The summed E-state index contributed by atoms with van der Waals surface area (Å²) < 4.78 is 10.5. The Balaban J connectivity index is 1.94. The van der Waals surface area contributed by atoms with Crippen molar-refractivity contribution in [3.63, 3.8) is 0 Å². The predicted molar refractivity (Wildman–Crippen MR) is 77.5 cm³/mol.